The van der Waals surface area contributed by atoms with Crippen LogP contribution in [0.1, 0.15) is 16.2 Å². The molecule has 1 amide bonds. The van der Waals surface area contributed by atoms with Gasteiger partial charge in [0.1, 0.15) is 11.8 Å². The highest BCUT2D eigenvalue weighted by molar-refractivity contribution is 5.96. The normalized spacial score (nSPS) is 10.9. The van der Waals surface area contributed by atoms with Gasteiger partial charge in [-0.1, -0.05) is 6.07 Å². The Morgan fingerprint density at radius 1 is 1.43 bits per heavy atom. The molecule has 0 radical (unpaired) electrons. The van der Waals surface area contributed by atoms with Crippen LogP contribution < -0.4 is 0 Å². The van der Waals surface area contributed by atoms with Crippen LogP contribution in [0.25, 0.3) is 5.65 Å². The van der Waals surface area contributed by atoms with E-state index >= 15 is 0 Å². The second-order valence-corrected chi connectivity index (χ2v) is 5.12. The third-order valence-electron chi connectivity index (χ3n) is 3.48. The molecule has 3 heterocycles. The van der Waals surface area contributed by atoms with Gasteiger partial charge in [-0.25, -0.2) is 4.98 Å². The fourth-order valence-electron chi connectivity index (χ4n) is 2.37. The summed E-state index contributed by atoms with van der Waals surface area (Å²) in [6, 6.07) is 5.61. The van der Waals surface area contributed by atoms with Gasteiger partial charge >= 0.3 is 5.69 Å². The number of nitro groups is 1. The third kappa shape index (κ3) is 2.63. The lowest BCUT2D eigenvalue weighted by molar-refractivity contribution is -0.385. The molecule has 0 fully saturated rings. The van der Waals surface area contributed by atoms with Crippen molar-refractivity contribution in [1.29, 1.82) is 0 Å². The number of aromatic nitrogens is 4. The van der Waals surface area contributed by atoms with Gasteiger partial charge in [0.15, 0.2) is 0 Å². The fourth-order valence-corrected chi connectivity index (χ4v) is 2.37. The van der Waals surface area contributed by atoms with Gasteiger partial charge in [0.2, 0.25) is 5.69 Å². The van der Waals surface area contributed by atoms with E-state index in [1.165, 1.54) is 16.6 Å². The van der Waals surface area contributed by atoms with Gasteiger partial charge in [-0.05, 0) is 12.1 Å². The number of pyridine rings is 1. The van der Waals surface area contributed by atoms with Gasteiger partial charge in [-0.2, -0.15) is 5.10 Å². The zero-order valence-electron chi connectivity index (χ0n) is 12.6. The first kappa shape index (κ1) is 14.7. The van der Waals surface area contributed by atoms with E-state index in [9.17, 15) is 14.9 Å². The number of carbonyl (C=O) groups excluding carboxylic acids is 1. The predicted molar refractivity (Wildman–Crippen MR) is 80.9 cm³/mol. The Morgan fingerprint density at radius 3 is 2.91 bits per heavy atom. The van der Waals surface area contributed by atoms with E-state index in [0.717, 1.165) is 11.8 Å². The Morgan fingerprint density at radius 2 is 2.22 bits per heavy atom. The van der Waals surface area contributed by atoms with E-state index in [1.807, 2.05) is 35.0 Å². The van der Waals surface area contributed by atoms with Gasteiger partial charge in [-0.15, -0.1) is 0 Å². The second-order valence-electron chi connectivity index (χ2n) is 5.12. The molecule has 0 aliphatic rings. The molecule has 0 unspecified atom stereocenters. The maximum Gasteiger partial charge on any atom is 0.320 e. The summed E-state index contributed by atoms with van der Waals surface area (Å²) in [5.41, 5.74) is 1.10. The van der Waals surface area contributed by atoms with Crippen LogP contribution in [0, 0.1) is 10.1 Å². The molecular weight excluding hydrogens is 300 g/mol. The van der Waals surface area contributed by atoms with Crippen LogP contribution in [-0.4, -0.2) is 41.9 Å². The third-order valence-corrected chi connectivity index (χ3v) is 3.48. The SMILES string of the molecule is CN(Cc1cn2ccccc2n1)C(=O)c1c([N+](=O)[O-])cnn1C. The van der Waals surface area contributed by atoms with Crippen molar-refractivity contribution in [1.82, 2.24) is 24.1 Å². The van der Waals surface area contributed by atoms with E-state index in [-0.39, 0.29) is 17.9 Å². The highest BCUT2D eigenvalue weighted by Gasteiger charge is 2.28. The van der Waals surface area contributed by atoms with Gasteiger partial charge in [0.05, 0.1) is 17.2 Å². The Bertz CT molecular complexity index is 864. The van der Waals surface area contributed by atoms with E-state index < -0.39 is 10.8 Å². The number of hydrogen-bond acceptors (Lipinski definition) is 5. The van der Waals surface area contributed by atoms with Crippen molar-refractivity contribution in [3.8, 4) is 0 Å². The first-order valence-corrected chi connectivity index (χ1v) is 6.82. The van der Waals surface area contributed by atoms with Crippen molar-refractivity contribution in [3.63, 3.8) is 0 Å². The lowest BCUT2D eigenvalue weighted by Crippen LogP contribution is -2.28. The average molecular weight is 314 g/mol. The van der Waals surface area contributed by atoms with Crippen LogP contribution in [0.4, 0.5) is 5.69 Å². The highest BCUT2D eigenvalue weighted by atomic mass is 16.6. The molecule has 3 aromatic heterocycles. The molecule has 118 valence electrons. The van der Waals surface area contributed by atoms with Crippen LogP contribution in [0.3, 0.4) is 0 Å². The van der Waals surface area contributed by atoms with Crippen molar-refractivity contribution in [2.24, 2.45) is 7.05 Å². The fraction of sp³-hybridized carbons (Fsp3) is 0.214. The summed E-state index contributed by atoms with van der Waals surface area (Å²) < 4.78 is 3.06. The molecule has 0 spiro atoms. The van der Waals surface area contributed by atoms with Crippen molar-refractivity contribution in [3.05, 3.63) is 58.3 Å². The summed E-state index contributed by atoms with van der Waals surface area (Å²) in [5, 5.41) is 14.8. The summed E-state index contributed by atoms with van der Waals surface area (Å²) in [6.45, 7) is 0.239. The van der Waals surface area contributed by atoms with Gasteiger partial charge in [-0.3, -0.25) is 19.6 Å². The summed E-state index contributed by atoms with van der Waals surface area (Å²) >= 11 is 0. The lowest BCUT2D eigenvalue weighted by atomic mass is 10.3. The molecule has 23 heavy (non-hydrogen) atoms. The number of hydrogen-bond donors (Lipinski definition) is 0. The number of aryl methyl sites for hydroxylation is 1. The molecule has 0 N–H and O–H groups in total. The van der Waals surface area contributed by atoms with E-state index in [2.05, 4.69) is 10.1 Å². The maximum atomic E-state index is 12.5. The van der Waals surface area contributed by atoms with Crippen molar-refractivity contribution < 1.29 is 9.72 Å². The molecule has 0 aliphatic carbocycles. The minimum Gasteiger partial charge on any atom is -0.334 e. The molecule has 0 aliphatic heterocycles. The molecule has 0 atom stereocenters. The maximum absolute atomic E-state index is 12.5. The quantitative estimate of drug-likeness (QED) is 0.533. The summed E-state index contributed by atoms with van der Waals surface area (Å²) in [5.74, 6) is -0.478. The van der Waals surface area contributed by atoms with E-state index in [1.54, 1.807) is 7.05 Å². The number of imidazole rings is 1. The van der Waals surface area contributed by atoms with E-state index in [0.29, 0.717) is 5.69 Å². The molecule has 3 aromatic rings. The number of amides is 1. The predicted octanol–water partition coefficient (Wildman–Crippen LogP) is 1.25. The van der Waals surface area contributed by atoms with Gasteiger partial charge in [0, 0.05) is 26.5 Å². The van der Waals surface area contributed by atoms with Crippen molar-refractivity contribution >= 4 is 17.2 Å². The molecule has 9 nitrogen and oxygen atoms in total. The zero-order valence-corrected chi connectivity index (χ0v) is 12.6. The molecule has 0 saturated heterocycles. The first-order valence-electron chi connectivity index (χ1n) is 6.82. The summed E-state index contributed by atoms with van der Waals surface area (Å²) in [4.78, 5) is 28.7. The second kappa shape index (κ2) is 5.52. The Hall–Kier alpha value is -3.23. The van der Waals surface area contributed by atoms with Crippen molar-refractivity contribution in [2.45, 2.75) is 6.54 Å². The Kier molecular flexibility index (Phi) is 3.53. The first-order chi connectivity index (χ1) is 11.0. The Balaban J connectivity index is 1.85. The number of carbonyl (C=O) groups is 1. The molecule has 0 aromatic carbocycles. The minimum atomic E-state index is -0.612. The average Bonchev–Trinajstić information content (AvgIpc) is 3.09. The Labute approximate surface area is 130 Å². The number of nitrogens with zero attached hydrogens (tertiary/aromatic N) is 6. The topological polar surface area (TPSA) is 98.6 Å². The highest BCUT2D eigenvalue weighted by Crippen LogP contribution is 2.19. The molecular formula is C14H14N6O3. The van der Waals surface area contributed by atoms with Crippen LogP contribution in [0.15, 0.2) is 36.8 Å². The molecule has 3 rings (SSSR count). The monoisotopic (exact) mass is 314 g/mol. The largest absolute Gasteiger partial charge is 0.334 e. The molecule has 0 bridgehead atoms. The molecule has 9 heteroatoms. The van der Waals surface area contributed by atoms with Gasteiger partial charge < -0.3 is 9.30 Å². The van der Waals surface area contributed by atoms with Crippen LogP contribution >= 0.6 is 0 Å². The van der Waals surface area contributed by atoms with E-state index in [4.69, 9.17) is 0 Å². The summed E-state index contributed by atoms with van der Waals surface area (Å²) in [6.07, 6.45) is 4.75. The zero-order chi connectivity index (χ0) is 16.6. The lowest BCUT2D eigenvalue weighted by Gasteiger charge is -2.15. The standard InChI is InChI=1S/C14H14N6O3/c1-17(8-10-9-19-6-4-3-5-12(19)16-10)14(21)13-11(20(22)23)7-15-18(13)2/h3-7,9H,8H2,1-2H3. The van der Waals surface area contributed by atoms with Crippen LogP contribution in [-0.2, 0) is 13.6 Å². The van der Waals surface area contributed by atoms with Gasteiger partial charge in [0.25, 0.3) is 5.91 Å². The smallest absolute Gasteiger partial charge is 0.320 e. The summed E-state index contributed by atoms with van der Waals surface area (Å²) in [7, 11) is 3.07. The van der Waals surface area contributed by atoms with Crippen molar-refractivity contribution in [2.75, 3.05) is 7.05 Å². The molecule has 0 saturated carbocycles. The number of rotatable bonds is 4. The number of fused-ring (bicyclic) bond motifs is 1. The van der Waals surface area contributed by atoms with Crippen LogP contribution in [0.2, 0.25) is 0 Å². The van der Waals surface area contributed by atoms with Crippen LogP contribution in [0.5, 0.6) is 0 Å². The minimum absolute atomic E-state index is 0.0544.